The zero-order chi connectivity index (χ0) is 33.1. The van der Waals surface area contributed by atoms with Crippen LogP contribution >= 0.6 is 0 Å². The minimum Gasteiger partial charge on any atom is -0.456 e. The summed E-state index contributed by atoms with van der Waals surface area (Å²) in [7, 11) is 0. The minimum absolute atomic E-state index is 0.0696. The molecule has 240 valence electrons. The molecular weight excluding hydrogens is 606 g/mol. The Morgan fingerprint density at radius 3 is 1.94 bits per heavy atom. The van der Waals surface area contributed by atoms with Crippen LogP contribution in [0.5, 0.6) is 0 Å². The highest BCUT2D eigenvalue weighted by molar-refractivity contribution is 5.96. The molecule has 0 spiro atoms. The van der Waals surface area contributed by atoms with Gasteiger partial charge >= 0.3 is 5.97 Å². The summed E-state index contributed by atoms with van der Waals surface area (Å²) < 4.78 is 21.6. The van der Waals surface area contributed by atoms with Gasteiger partial charge in [0.15, 0.2) is 17.2 Å². The molecule has 7 rings (SSSR count). The van der Waals surface area contributed by atoms with Crippen LogP contribution in [0.15, 0.2) is 128 Å². The van der Waals surface area contributed by atoms with Crippen LogP contribution in [-0.4, -0.2) is 50.1 Å². The Balaban J connectivity index is 1.25. The molecule has 0 bridgehead atoms. The van der Waals surface area contributed by atoms with Gasteiger partial charge in [-0.05, 0) is 35.7 Å². The summed E-state index contributed by atoms with van der Waals surface area (Å²) in [6.45, 7) is 1.55. The number of benzene rings is 4. The molecule has 1 fully saturated rings. The van der Waals surface area contributed by atoms with E-state index in [4.69, 9.17) is 19.9 Å². The maximum absolute atomic E-state index is 13.5. The van der Waals surface area contributed by atoms with Gasteiger partial charge in [-0.15, -0.1) is 0 Å². The lowest BCUT2D eigenvalue weighted by Crippen LogP contribution is -2.39. The van der Waals surface area contributed by atoms with E-state index >= 15 is 0 Å². The molecule has 0 saturated carbocycles. The molecule has 3 heterocycles. The number of hydrogen-bond acceptors (Lipinski definition) is 9. The van der Waals surface area contributed by atoms with Crippen LogP contribution in [0.4, 0.5) is 5.82 Å². The van der Waals surface area contributed by atoms with Gasteiger partial charge in [-0.1, -0.05) is 103 Å². The highest BCUT2D eigenvalue weighted by Gasteiger charge is 2.44. The number of hydrogen-bond donors (Lipinski definition) is 1. The number of rotatable bonds is 10. The Morgan fingerprint density at radius 1 is 0.812 bits per heavy atom. The van der Waals surface area contributed by atoms with E-state index in [0.29, 0.717) is 28.7 Å². The van der Waals surface area contributed by atoms with Crippen molar-refractivity contribution in [1.29, 1.82) is 0 Å². The fourth-order valence-electron chi connectivity index (χ4n) is 6.25. The molecule has 48 heavy (non-hydrogen) atoms. The zero-order valence-electron chi connectivity index (χ0n) is 26.2. The summed E-state index contributed by atoms with van der Waals surface area (Å²) in [5.74, 6) is -0.367. The van der Waals surface area contributed by atoms with Crippen LogP contribution < -0.4 is 5.73 Å². The maximum Gasteiger partial charge on any atom is 0.338 e. The third-order valence-corrected chi connectivity index (χ3v) is 8.67. The fourth-order valence-corrected chi connectivity index (χ4v) is 6.25. The molecule has 0 radical (unpaired) electrons. The van der Waals surface area contributed by atoms with E-state index in [1.807, 2.05) is 91.0 Å². The van der Waals surface area contributed by atoms with Crippen LogP contribution in [-0.2, 0) is 19.8 Å². The second-order valence-corrected chi connectivity index (χ2v) is 11.6. The van der Waals surface area contributed by atoms with Crippen molar-refractivity contribution in [3.63, 3.8) is 0 Å². The maximum atomic E-state index is 13.5. The molecule has 10 nitrogen and oxygen atoms in total. The van der Waals surface area contributed by atoms with E-state index in [0.717, 1.165) is 16.7 Å². The number of aromatic nitrogens is 4. The predicted molar refractivity (Wildman–Crippen MR) is 179 cm³/mol. The van der Waals surface area contributed by atoms with Gasteiger partial charge in [0.25, 0.3) is 0 Å². The van der Waals surface area contributed by atoms with Crippen LogP contribution in [0.3, 0.4) is 0 Å². The smallest absolute Gasteiger partial charge is 0.338 e. The average Bonchev–Trinajstić information content (AvgIpc) is 3.75. The van der Waals surface area contributed by atoms with Gasteiger partial charge in [-0.2, -0.15) is 0 Å². The van der Waals surface area contributed by atoms with Crippen molar-refractivity contribution < 1.29 is 23.8 Å². The largest absolute Gasteiger partial charge is 0.456 e. The number of ketones is 1. The van der Waals surface area contributed by atoms with Gasteiger partial charge in [-0.25, -0.2) is 19.7 Å². The van der Waals surface area contributed by atoms with Crippen LogP contribution in [0, 0.1) is 0 Å². The van der Waals surface area contributed by atoms with Gasteiger partial charge in [0.1, 0.15) is 35.9 Å². The Labute approximate surface area is 277 Å². The topological polar surface area (TPSA) is 131 Å². The van der Waals surface area contributed by atoms with E-state index in [-0.39, 0.29) is 18.2 Å². The van der Waals surface area contributed by atoms with Gasteiger partial charge in [0.05, 0.1) is 18.5 Å². The fraction of sp³-hybridized carbons (Fsp3) is 0.184. The van der Waals surface area contributed by atoms with Gasteiger partial charge < -0.3 is 19.9 Å². The predicted octanol–water partition coefficient (Wildman–Crippen LogP) is 6.13. The van der Waals surface area contributed by atoms with Gasteiger partial charge in [-0.3, -0.25) is 9.36 Å². The number of esters is 1. The molecule has 2 aromatic heterocycles. The number of carbonyl (C=O) groups is 2. The van der Waals surface area contributed by atoms with Crippen molar-refractivity contribution in [2.75, 3.05) is 12.3 Å². The molecule has 0 aliphatic carbocycles. The van der Waals surface area contributed by atoms with Crippen LogP contribution in [0.2, 0.25) is 0 Å². The number of imidazole rings is 1. The molecular formula is C38H33N5O5. The first kappa shape index (κ1) is 30.9. The number of ether oxygens (including phenoxy) is 3. The first-order valence-corrected chi connectivity index (χ1v) is 15.6. The molecule has 3 atom stereocenters. The summed E-state index contributed by atoms with van der Waals surface area (Å²) in [5, 5.41) is 0. The molecule has 1 saturated heterocycles. The Kier molecular flexibility index (Phi) is 8.49. The van der Waals surface area contributed by atoms with Crippen LogP contribution in [0.25, 0.3) is 11.2 Å². The summed E-state index contributed by atoms with van der Waals surface area (Å²) in [6.07, 6.45) is 1.31. The summed E-state index contributed by atoms with van der Waals surface area (Å²) in [4.78, 5) is 38.1. The molecule has 2 N–H and O–H groups in total. The van der Waals surface area contributed by atoms with Crippen molar-refractivity contribution in [1.82, 2.24) is 19.5 Å². The number of nitrogen functional groups attached to an aromatic ring is 1. The minimum atomic E-state index is -1.01. The molecule has 6 aromatic rings. The number of nitrogens with two attached hydrogens (primary N) is 1. The van der Waals surface area contributed by atoms with E-state index in [2.05, 4.69) is 15.0 Å². The highest BCUT2D eigenvalue weighted by atomic mass is 16.6. The van der Waals surface area contributed by atoms with E-state index in [9.17, 15) is 9.59 Å². The van der Waals surface area contributed by atoms with Crippen molar-refractivity contribution in [3.05, 3.63) is 156 Å². The number of anilines is 1. The SMILES string of the molecule is CC(=O)c1ccc(C(=O)O[C@H]2C[C@H](n3cnc4c(N)ncnc43)O[C@@H]2COC(c2ccccc2)(c2ccccc2)c2ccccc2)cc1. The van der Waals surface area contributed by atoms with E-state index in [1.165, 1.54) is 13.3 Å². The number of fused-ring (bicyclic) bond motifs is 1. The monoisotopic (exact) mass is 639 g/mol. The highest BCUT2D eigenvalue weighted by Crippen LogP contribution is 2.42. The first-order valence-electron chi connectivity index (χ1n) is 15.6. The van der Waals surface area contributed by atoms with Crippen molar-refractivity contribution in [3.8, 4) is 0 Å². The number of Topliss-reactive ketones (excluding diaryl/α,β-unsaturated/α-hetero) is 1. The second-order valence-electron chi connectivity index (χ2n) is 11.6. The quantitative estimate of drug-likeness (QED) is 0.107. The average molecular weight is 640 g/mol. The molecule has 4 aromatic carbocycles. The summed E-state index contributed by atoms with van der Waals surface area (Å²) >= 11 is 0. The summed E-state index contributed by atoms with van der Waals surface area (Å²) in [5.41, 5.74) is 9.65. The van der Waals surface area contributed by atoms with Gasteiger partial charge in [0.2, 0.25) is 0 Å². The normalized spacial score (nSPS) is 17.7. The lowest BCUT2D eigenvalue weighted by Gasteiger charge is -2.37. The summed E-state index contributed by atoms with van der Waals surface area (Å²) in [6, 6.07) is 36.5. The van der Waals surface area contributed by atoms with Crippen molar-refractivity contribution in [2.24, 2.45) is 0 Å². The third-order valence-electron chi connectivity index (χ3n) is 8.67. The molecule has 0 unspecified atom stereocenters. The Morgan fingerprint density at radius 2 is 1.38 bits per heavy atom. The van der Waals surface area contributed by atoms with E-state index in [1.54, 1.807) is 35.2 Å². The lowest BCUT2D eigenvalue weighted by molar-refractivity contribution is -0.0955. The Hall–Kier alpha value is -5.71. The number of nitrogens with zero attached hydrogens (tertiary/aromatic N) is 4. The zero-order valence-corrected chi connectivity index (χ0v) is 26.2. The first-order chi connectivity index (χ1) is 23.4. The second kappa shape index (κ2) is 13.2. The molecule has 1 aliphatic heterocycles. The molecule has 10 heteroatoms. The van der Waals surface area contributed by atoms with Crippen molar-refractivity contribution >= 4 is 28.7 Å². The lowest BCUT2D eigenvalue weighted by atomic mass is 9.80. The molecule has 1 aliphatic rings. The third kappa shape index (κ3) is 5.83. The van der Waals surface area contributed by atoms with E-state index < -0.39 is 30.0 Å². The molecule has 0 amide bonds. The van der Waals surface area contributed by atoms with Gasteiger partial charge in [0, 0.05) is 12.0 Å². The van der Waals surface area contributed by atoms with Crippen molar-refractivity contribution in [2.45, 2.75) is 37.4 Å². The Bertz CT molecular complexity index is 1940. The standard InChI is InChI=1S/C38H33N5O5/c1-25(44)26-17-19-27(20-18-26)37(45)48-31-21-33(43-24-42-34-35(39)40-23-41-36(34)43)47-32(31)22-46-38(28-11-5-2-6-12-28,29-13-7-3-8-14-29)30-15-9-4-10-16-30/h2-20,23-24,31-33H,21-22H2,1H3,(H2,39,40,41)/t31-,32+,33+/m0/s1. The van der Waals surface area contributed by atoms with Crippen LogP contribution in [0.1, 0.15) is 57.0 Å². The number of carbonyl (C=O) groups excluding carboxylic acids is 2.